The first kappa shape index (κ1) is 16.7. The highest BCUT2D eigenvalue weighted by molar-refractivity contribution is 7.82. The van der Waals surface area contributed by atoms with E-state index in [0.717, 1.165) is 14.7 Å². The van der Waals surface area contributed by atoms with E-state index in [2.05, 4.69) is 0 Å². The lowest BCUT2D eigenvalue weighted by atomic mass is 10.1. The Balaban J connectivity index is 1.63. The van der Waals surface area contributed by atoms with Crippen LogP contribution < -0.4 is 16.0 Å². The van der Waals surface area contributed by atoms with Crippen molar-refractivity contribution in [1.29, 1.82) is 0 Å². The average molecular weight is 394 g/mol. The molecular weight excluding hydrogens is 380 g/mol. The fourth-order valence-electron chi connectivity index (χ4n) is 3.56. The van der Waals surface area contributed by atoms with Crippen LogP contribution in [0.15, 0.2) is 46.0 Å². The minimum atomic E-state index is -4.17. The predicted octanol–water partition coefficient (Wildman–Crippen LogP) is -0.623. The number of hydrogen-bond acceptors (Lipinski definition) is 8. The lowest BCUT2D eigenvalue weighted by molar-refractivity contribution is -0.0359. The van der Waals surface area contributed by atoms with Crippen molar-refractivity contribution in [2.45, 2.75) is 31.1 Å². The Kier molecular flexibility index (Phi) is 3.56. The Morgan fingerprint density at radius 1 is 1.07 bits per heavy atom. The molecule has 0 radical (unpaired) electrons. The maximum Gasteiger partial charge on any atom is 0.400 e. The molecule has 0 N–H and O–H groups in total. The second-order valence-corrected chi connectivity index (χ2v) is 7.65. The number of fused-ring (bicyclic) bond motifs is 7. The van der Waals surface area contributed by atoms with Gasteiger partial charge in [0, 0.05) is 0 Å². The molecule has 4 heterocycles. The number of rotatable bonds is 2. The van der Waals surface area contributed by atoms with Crippen molar-refractivity contribution in [2.75, 3.05) is 6.61 Å². The van der Waals surface area contributed by atoms with Crippen LogP contribution in [0.25, 0.3) is 0 Å². The third-order valence-electron chi connectivity index (χ3n) is 4.76. The zero-order valence-electron chi connectivity index (χ0n) is 13.8. The van der Waals surface area contributed by atoms with E-state index in [0.29, 0.717) is 0 Å². The highest BCUT2D eigenvalue weighted by Gasteiger charge is 2.58. The molecule has 0 amide bonds. The molecule has 0 unspecified atom stereocenters. The first-order valence-electron chi connectivity index (χ1n) is 8.23. The minimum Gasteiger partial charge on any atom is -0.476 e. The lowest BCUT2D eigenvalue weighted by Gasteiger charge is -2.21. The molecule has 11 heteroatoms. The van der Waals surface area contributed by atoms with Crippen molar-refractivity contribution in [2.24, 2.45) is 0 Å². The maximum absolute atomic E-state index is 13.0. The monoisotopic (exact) mass is 394 g/mol. The van der Waals surface area contributed by atoms with Gasteiger partial charge < -0.3 is 9.47 Å². The van der Waals surface area contributed by atoms with Crippen molar-refractivity contribution in [3.8, 4) is 5.88 Å². The van der Waals surface area contributed by atoms with Crippen LogP contribution >= 0.6 is 0 Å². The molecule has 0 saturated carbocycles. The first-order chi connectivity index (χ1) is 12.9. The summed E-state index contributed by atoms with van der Waals surface area (Å²) >= 11 is 0. The van der Waals surface area contributed by atoms with Gasteiger partial charge in [-0.2, -0.15) is 8.42 Å². The zero-order chi connectivity index (χ0) is 18.8. The Hall–Kier alpha value is -2.47. The summed E-state index contributed by atoms with van der Waals surface area (Å²) < 4.78 is 46.6. The van der Waals surface area contributed by atoms with Gasteiger partial charge in [0.25, 0.3) is 5.56 Å². The van der Waals surface area contributed by atoms with Gasteiger partial charge in [-0.1, -0.05) is 30.3 Å². The Labute approximate surface area is 152 Å². The van der Waals surface area contributed by atoms with Gasteiger partial charge in [-0.25, -0.2) is 17.7 Å². The number of benzene rings is 1. The van der Waals surface area contributed by atoms with Crippen molar-refractivity contribution in [3.05, 3.63) is 62.8 Å². The van der Waals surface area contributed by atoms with E-state index < -0.39 is 46.2 Å². The third-order valence-corrected chi connectivity index (χ3v) is 5.68. The van der Waals surface area contributed by atoms with E-state index in [1.54, 1.807) is 24.3 Å². The molecule has 1 aromatic carbocycles. The van der Waals surface area contributed by atoms with Crippen molar-refractivity contribution < 1.29 is 26.3 Å². The zero-order valence-corrected chi connectivity index (χ0v) is 14.6. The van der Waals surface area contributed by atoms with Gasteiger partial charge in [-0.15, -0.1) is 0 Å². The van der Waals surface area contributed by atoms with Gasteiger partial charge in [0.05, 0.1) is 12.6 Å². The van der Waals surface area contributed by atoms with E-state index in [4.69, 9.17) is 17.8 Å². The molecule has 1 aromatic heterocycles. The molecule has 2 bridgehead atoms. The van der Waals surface area contributed by atoms with Crippen molar-refractivity contribution >= 4 is 10.4 Å². The highest BCUT2D eigenvalue weighted by Crippen LogP contribution is 2.42. The van der Waals surface area contributed by atoms with Crippen LogP contribution in [0.1, 0.15) is 11.8 Å². The van der Waals surface area contributed by atoms with Crippen LogP contribution in [0.4, 0.5) is 0 Å². The van der Waals surface area contributed by atoms with E-state index in [-0.39, 0.29) is 19.0 Å². The normalized spacial score (nSPS) is 30.2. The molecule has 27 heavy (non-hydrogen) atoms. The SMILES string of the molecule is O=c1cc2n(c(=O)n1Cc1ccccc1)[C@@H]1O[C@H](CO2)[C@H]2OS(=O)(=O)O[C@H]21. The van der Waals surface area contributed by atoms with Crippen LogP contribution in [-0.2, 0) is 30.0 Å². The summed E-state index contributed by atoms with van der Waals surface area (Å²) in [6, 6.07) is 10.2. The minimum absolute atomic E-state index is 0.00756. The van der Waals surface area contributed by atoms with Crippen LogP contribution in [0, 0.1) is 0 Å². The molecule has 2 aromatic rings. The summed E-state index contributed by atoms with van der Waals surface area (Å²) in [5.74, 6) is 0.00756. The second kappa shape index (κ2) is 5.76. The van der Waals surface area contributed by atoms with Gasteiger partial charge >= 0.3 is 16.1 Å². The van der Waals surface area contributed by atoms with Crippen molar-refractivity contribution in [1.82, 2.24) is 9.13 Å². The number of aromatic nitrogens is 2. The largest absolute Gasteiger partial charge is 0.476 e. The predicted molar refractivity (Wildman–Crippen MR) is 88.6 cm³/mol. The molecule has 10 nitrogen and oxygen atoms in total. The molecule has 2 fully saturated rings. The molecule has 142 valence electrons. The molecule has 5 rings (SSSR count). The quantitative estimate of drug-likeness (QED) is 0.662. The first-order valence-corrected chi connectivity index (χ1v) is 9.56. The molecule has 3 aliphatic rings. The Morgan fingerprint density at radius 3 is 2.59 bits per heavy atom. The van der Waals surface area contributed by atoms with Crippen LogP contribution in [0.5, 0.6) is 5.88 Å². The molecular formula is C16H14N2O8S. The van der Waals surface area contributed by atoms with Gasteiger partial charge in [-0.05, 0) is 5.56 Å². The van der Waals surface area contributed by atoms with Gasteiger partial charge in [0.1, 0.15) is 18.8 Å². The molecule has 0 spiro atoms. The summed E-state index contributed by atoms with van der Waals surface area (Å²) in [7, 11) is -4.17. The van der Waals surface area contributed by atoms with E-state index in [9.17, 15) is 18.0 Å². The number of nitrogens with zero attached hydrogens (tertiary/aromatic N) is 2. The van der Waals surface area contributed by atoms with Gasteiger partial charge in [0.2, 0.25) is 5.88 Å². The third kappa shape index (κ3) is 2.62. The van der Waals surface area contributed by atoms with Crippen LogP contribution in [-0.4, -0.2) is 42.5 Å². The molecule has 2 saturated heterocycles. The fourth-order valence-corrected chi connectivity index (χ4v) is 4.59. The Morgan fingerprint density at radius 2 is 1.81 bits per heavy atom. The molecule has 3 aliphatic heterocycles. The summed E-state index contributed by atoms with van der Waals surface area (Å²) in [5.41, 5.74) is -0.445. The van der Waals surface area contributed by atoms with Crippen LogP contribution in [0.2, 0.25) is 0 Å². The summed E-state index contributed by atoms with van der Waals surface area (Å²) in [5, 5.41) is 0. The van der Waals surface area contributed by atoms with Gasteiger partial charge in [0.15, 0.2) is 12.3 Å². The van der Waals surface area contributed by atoms with E-state index in [1.165, 1.54) is 6.07 Å². The summed E-state index contributed by atoms with van der Waals surface area (Å²) in [4.78, 5) is 25.5. The molecule has 4 atom stereocenters. The Bertz CT molecular complexity index is 1120. The van der Waals surface area contributed by atoms with E-state index in [1.807, 2.05) is 6.07 Å². The summed E-state index contributed by atoms with van der Waals surface area (Å²) in [6.45, 7) is -0.0171. The smallest absolute Gasteiger partial charge is 0.400 e. The van der Waals surface area contributed by atoms with E-state index >= 15 is 0 Å². The number of ether oxygens (including phenoxy) is 2. The van der Waals surface area contributed by atoms with Crippen LogP contribution in [0.3, 0.4) is 0 Å². The highest BCUT2D eigenvalue weighted by atomic mass is 32.3. The average Bonchev–Trinajstić information content (AvgIpc) is 3.02. The maximum atomic E-state index is 13.0. The summed E-state index contributed by atoms with van der Waals surface area (Å²) in [6.07, 6.45) is -3.75. The van der Waals surface area contributed by atoms with Crippen molar-refractivity contribution in [3.63, 3.8) is 0 Å². The lowest BCUT2D eigenvalue weighted by Crippen LogP contribution is -2.44. The van der Waals surface area contributed by atoms with Gasteiger partial charge in [-0.3, -0.25) is 9.36 Å². The standard InChI is InChI=1S/C16H14N2O8S/c19-11-6-12-18(16(20)17(11)7-9-4-2-1-3-5-9)15-14-13(10(24-15)8-23-12)25-27(21,22)26-14/h1-6,10,13-15H,7-8H2/t10-,13-,14-,15-/m1/s1. The number of hydrogen-bond donors (Lipinski definition) is 0. The second-order valence-electron chi connectivity index (χ2n) is 6.45. The fraction of sp³-hybridized carbons (Fsp3) is 0.375. The topological polar surface area (TPSA) is 115 Å². The molecule has 0 aliphatic carbocycles.